The lowest BCUT2D eigenvalue weighted by atomic mass is 9.99. The average Bonchev–Trinajstić information content (AvgIpc) is 2.92. The summed E-state index contributed by atoms with van der Waals surface area (Å²) in [6.45, 7) is 9.56. The number of benzene rings is 2. The van der Waals surface area contributed by atoms with Crippen LogP contribution in [0.2, 0.25) is 10.0 Å². The Hall–Kier alpha value is -2.54. The fourth-order valence-electron chi connectivity index (χ4n) is 5.16. The van der Waals surface area contributed by atoms with E-state index in [1.165, 1.54) is 32.2 Å². The van der Waals surface area contributed by atoms with Crippen molar-refractivity contribution in [3.05, 3.63) is 57.1 Å². The highest BCUT2D eigenvalue weighted by molar-refractivity contribution is 7.91. The highest BCUT2D eigenvalue weighted by atomic mass is 35.5. The van der Waals surface area contributed by atoms with Crippen LogP contribution in [0.3, 0.4) is 0 Å². The van der Waals surface area contributed by atoms with Crippen LogP contribution in [0.4, 0.5) is 23.7 Å². The van der Waals surface area contributed by atoms with Crippen molar-refractivity contribution in [1.29, 1.82) is 0 Å². The van der Waals surface area contributed by atoms with Gasteiger partial charge < -0.3 is 14.5 Å². The highest BCUT2D eigenvalue weighted by Crippen LogP contribution is 2.38. The third kappa shape index (κ3) is 8.58. The molecule has 2 aromatic rings. The number of hydrogen-bond donors (Lipinski definition) is 0. The molecule has 1 saturated heterocycles. The van der Waals surface area contributed by atoms with E-state index in [0.29, 0.717) is 32.5 Å². The number of carbonyl (C=O) groups excluding carboxylic acids is 2. The molecule has 2 aromatic carbocycles. The van der Waals surface area contributed by atoms with Gasteiger partial charge in [0.1, 0.15) is 5.60 Å². The Balaban J connectivity index is 1.94. The van der Waals surface area contributed by atoms with Crippen molar-refractivity contribution in [2.45, 2.75) is 76.7 Å². The largest absolute Gasteiger partial charge is 0.444 e. The van der Waals surface area contributed by atoms with E-state index in [2.05, 4.69) is 0 Å². The Labute approximate surface area is 266 Å². The molecule has 0 N–H and O–H groups in total. The number of piperidine rings is 1. The van der Waals surface area contributed by atoms with Crippen molar-refractivity contribution in [1.82, 2.24) is 9.80 Å². The molecule has 0 spiro atoms. The molecule has 1 atom stereocenters. The molecule has 14 heteroatoms. The van der Waals surface area contributed by atoms with Gasteiger partial charge in [-0.3, -0.25) is 9.69 Å². The topological polar surface area (TPSA) is 87.2 Å². The molecule has 44 heavy (non-hydrogen) atoms. The first-order chi connectivity index (χ1) is 20.3. The summed E-state index contributed by atoms with van der Waals surface area (Å²) in [4.78, 5) is 30.4. The van der Waals surface area contributed by atoms with Crippen molar-refractivity contribution in [2.75, 3.05) is 37.3 Å². The molecule has 0 unspecified atom stereocenters. The first-order valence-electron chi connectivity index (χ1n) is 14.2. The Bertz CT molecular complexity index is 1500. The Morgan fingerprint density at radius 3 is 2.32 bits per heavy atom. The van der Waals surface area contributed by atoms with Gasteiger partial charge in [0, 0.05) is 48.3 Å². The first kappa shape index (κ1) is 35.9. The van der Waals surface area contributed by atoms with E-state index in [9.17, 15) is 31.2 Å². The number of anilines is 1. The number of amides is 2. The molecule has 0 aromatic heterocycles. The third-order valence-electron chi connectivity index (χ3n) is 7.32. The van der Waals surface area contributed by atoms with Crippen LogP contribution in [0.15, 0.2) is 35.2 Å². The van der Waals surface area contributed by atoms with E-state index in [1.54, 1.807) is 30.6 Å². The summed E-state index contributed by atoms with van der Waals surface area (Å²) in [5.74, 6) is -1.15. The van der Waals surface area contributed by atoms with E-state index >= 15 is 0 Å². The maximum atomic E-state index is 14.4. The van der Waals surface area contributed by atoms with Gasteiger partial charge in [0.15, 0.2) is 9.84 Å². The number of likely N-dealkylation sites (tertiary alicyclic amines) is 1. The predicted octanol–water partition coefficient (Wildman–Crippen LogP) is 7.30. The zero-order valence-corrected chi connectivity index (χ0v) is 27.9. The minimum absolute atomic E-state index is 0.0667. The number of halogens is 5. The van der Waals surface area contributed by atoms with Crippen LogP contribution >= 0.6 is 23.2 Å². The van der Waals surface area contributed by atoms with Gasteiger partial charge in [-0.25, -0.2) is 13.2 Å². The number of hydrogen-bond acceptors (Lipinski definition) is 6. The van der Waals surface area contributed by atoms with E-state index in [4.69, 9.17) is 27.9 Å². The lowest BCUT2D eigenvalue weighted by Gasteiger charge is -2.39. The molecule has 2 amide bonds. The van der Waals surface area contributed by atoms with E-state index in [-0.39, 0.29) is 50.1 Å². The Morgan fingerprint density at radius 2 is 1.75 bits per heavy atom. The number of carbonyl (C=O) groups is 2. The summed E-state index contributed by atoms with van der Waals surface area (Å²) in [5.41, 5.74) is -2.40. The fourth-order valence-corrected chi connectivity index (χ4v) is 6.70. The molecule has 244 valence electrons. The number of alkyl halides is 3. The fraction of sp³-hybridized carbons (Fsp3) is 0.533. The molecule has 1 fully saturated rings. The lowest BCUT2D eigenvalue weighted by molar-refractivity contribution is -0.138. The first-order valence-corrected chi connectivity index (χ1v) is 16.6. The normalized spacial score (nSPS) is 16.5. The standard InChI is InChI=1S/C30H38Cl2F3N3O5S/c1-7-38(28(40)43-29(3,4)5)21-10-9-13-37(17-21)18-22-23(30(33,34)35)14-19(15-24(22)32)27(39)36(6)25-16-20(31)11-12-26(25)44(41,42)8-2/h11-12,14-16,21H,7-10,13,17-18H2,1-6H3/t21-/m0/s1. The van der Waals surface area contributed by atoms with Crippen molar-refractivity contribution < 1.29 is 35.9 Å². The van der Waals surface area contributed by atoms with Crippen molar-refractivity contribution in [3.8, 4) is 0 Å². The van der Waals surface area contributed by atoms with E-state index in [1.807, 2.05) is 6.92 Å². The van der Waals surface area contributed by atoms with Crippen LogP contribution in [-0.2, 0) is 27.3 Å². The van der Waals surface area contributed by atoms with Gasteiger partial charge in [-0.15, -0.1) is 0 Å². The summed E-state index contributed by atoms with van der Waals surface area (Å²) in [6, 6.07) is 5.51. The van der Waals surface area contributed by atoms with E-state index < -0.39 is 39.2 Å². The summed E-state index contributed by atoms with van der Waals surface area (Å²) in [7, 11) is -2.53. The second kappa shape index (κ2) is 13.8. The zero-order chi connectivity index (χ0) is 33.2. The predicted molar refractivity (Wildman–Crippen MR) is 165 cm³/mol. The molecule has 3 rings (SSSR count). The summed E-state index contributed by atoms with van der Waals surface area (Å²) < 4.78 is 74.1. The van der Waals surface area contributed by atoms with Crippen molar-refractivity contribution in [2.24, 2.45) is 0 Å². The highest BCUT2D eigenvalue weighted by Gasteiger charge is 2.38. The summed E-state index contributed by atoms with van der Waals surface area (Å²) in [6.07, 6.45) is -4.01. The van der Waals surface area contributed by atoms with Crippen LogP contribution in [0.25, 0.3) is 0 Å². The number of nitrogens with zero attached hydrogens (tertiary/aromatic N) is 3. The minimum atomic E-state index is -4.85. The van der Waals surface area contributed by atoms with Crippen molar-refractivity contribution >= 4 is 50.7 Å². The Kier molecular flexibility index (Phi) is 11.3. The second-order valence-electron chi connectivity index (χ2n) is 11.7. The molecule has 0 bridgehead atoms. The number of likely N-dealkylation sites (N-methyl/N-ethyl adjacent to an activating group) is 1. The lowest BCUT2D eigenvalue weighted by Crippen LogP contribution is -2.51. The minimum Gasteiger partial charge on any atom is -0.444 e. The zero-order valence-electron chi connectivity index (χ0n) is 25.6. The second-order valence-corrected chi connectivity index (χ2v) is 14.7. The molecule has 0 saturated carbocycles. The molecule has 1 heterocycles. The van der Waals surface area contributed by atoms with Gasteiger partial charge >= 0.3 is 12.3 Å². The maximum Gasteiger partial charge on any atom is 0.416 e. The van der Waals surface area contributed by atoms with Gasteiger partial charge in [0.25, 0.3) is 5.91 Å². The van der Waals surface area contributed by atoms with Crippen LogP contribution in [-0.4, -0.2) is 74.3 Å². The smallest absolute Gasteiger partial charge is 0.416 e. The van der Waals surface area contributed by atoms with Crippen LogP contribution < -0.4 is 4.90 Å². The van der Waals surface area contributed by atoms with Crippen LogP contribution in [0, 0.1) is 0 Å². The summed E-state index contributed by atoms with van der Waals surface area (Å²) >= 11 is 12.5. The van der Waals surface area contributed by atoms with Crippen molar-refractivity contribution in [3.63, 3.8) is 0 Å². The molecule has 1 aliphatic heterocycles. The number of ether oxygens (including phenoxy) is 1. The SMILES string of the molecule is CCN(C(=O)OC(C)(C)C)[C@H]1CCCN(Cc2c(Cl)cc(C(=O)N(C)c3cc(Cl)ccc3S(=O)(=O)CC)cc2C(F)(F)F)C1. The molecule has 0 aliphatic carbocycles. The average molecular weight is 681 g/mol. The molecular formula is C30H38Cl2F3N3O5S. The van der Waals surface area contributed by atoms with Gasteiger partial charge in [-0.1, -0.05) is 30.1 Å². The number of sulfone groups is 1. The van der Waals surface area contributed by atoms with Crippen LogP contribution in [0.1, 0.15) is 68.9 Å². The molecular weight excluding hydrogens is 642 g/mol. The quantitative estimate of drug-likeness (QED) is 0.291. The maximum absolute atomic E-state index is 14.4. The van der Waals surface area contributed by atoms with Gasteiger partial charge in [0.2, 0.25) is 0 Å². The molecule has 1 aliphatic rings. The molecule has 0 radical (unpaired) electrons. The van der Waals surface area contributed by atoms with E-state index in [0.717, 1.165) is 17.0 Å². The third-order valence-corrected chi connectivity index (χ3v) is 9.67. The Morgan fingerprint density at radius 1 is 1.09 bits per heavy atom. The van der Waals surface area contributed by atoms with Crippen LogP contribution in [0.5, 0.6) is 0 Å². The van der Waals surface area contributed by atoms with Gasteiger partial charge in [-0.05, 0) is 83.0 Å². The summed E-state index contributed by atoms with van der Waals surface area (Å²) in [5, 5.41) is -0.113. The number of rotatable bonds is 8. The van der Waals surface area contributed by atoms with Gasteiger partial charge in [-0.2, -0.15) is 13.2 Å². The molecule has 8 nitrogen and oxygen atoms in total. The van der Waals surface area contributed by atoms with Gasteiger partial charge in [0.05, 0.1) is 21.9 Å². The monoisotopic (exact) mass is 679 g/mol.